The molecule has 4 nitrogen and oxygen atoms in total. The number of nitrogens with zero attached hydrogens (tertiary/aromatic N) is 2. The van der Waals surface area contributed by atoms with E-state index in [0.29, 0.717) is 0 Å². The quantitative estimate of drug-likeness (QED) is 0.731. The van der Waals surface area contributed by atoms with E-state index in [1.165, 1.54) is 0 Å². The summed E-state index contributed by atoms with van der Waals surface area (Å²) in [5.74, 6) is 1.62. The van der Waals surface area contributed by atoms with Gasteiger partial charge in [0.05, 0.1) is 19.7 Å². The lowest BCUT2D eigenvalue weighted by molar-refractivity contribution is 0.414. The van der Waals surface area contributed by atoms with Gasteiger partial charge in [-0.3, -0.25) is 4.57 Å². The van der Waals surface area contributed by atoms with Crippen molar-refractivity contribution < 1.29 is 9.47 Å². The first-order valence-corrected chi connectivity index (χ1v) is 6.87. The topological polar surface area (TPSA) is 36.3 Å². The van der Waals surface area contributed by atoms with Gasteiger partial charge in [-0.25, -0.2) is 4.98 Å². The van der Waals surface area contributed by atoms with E-state index in [0.717, 1.165) is 32.7 Å². The van der Waals surface area contributed by atoms with Gasteiger partial charge < -0.3 is 9.47 Å². The summed E-state index contributed by atoms with van der Waals surface area (Å²) in [5, 5.41) is 0. The molecule has 0 spiro atoms. The van der Waals surface area contributed by atoms with Crippen molar-refractivity contribution in [2.24, 2.45) is 0 Å². The summed E-state index contributed by atoms with van der Waals surface area (Å²) < 4.78 is 13.4. The molecule has 3 rings (SSSR count). The Labute approximate surface area is 125 Å². The molecule has 0 unspecified atom stereocenters. The van der Waals surface area contributed by atoms with E-state index in [9.17, 15) is 0 Å². The minimum absolute atomic E-state index is 0.791. The summed E-state index contributed by atoms with van der Waals surface area (Å²) in [5.41, 5.74) is 2.91. The molecule has 1 aromatic heterocycles. The van der Waals surface area contributed by atoms with Crippen molar-refractivity contribution >= 4 is 27.0 Å². The fourth-order valence-corrected chi connectivity index (χ4v) is 2.65. The van der Waals surface area contributed by atoms with Gasteiger partial charge in [0.25, 0.3) is 0 Å². The number of hydrogen-bond donors (Lipinski definition) is 0. The number of imidazole rings is 1. The van der Waals surface area contributed by atoms with Gasteiger partial charge in [-0.2, -0.15) is 0 Å². The van der Waals surface area contributed by atoms with Gasteiger partial charge in [-0.15, -0.1) is 0 Å². The summed E-state index contributed by atoms with van der Waals surface area (Å²) in [4.78, 5) is 4.44. The fourth-order valence-electron chi connectivity index (χ4n) is 2.12. The number of halogens is 1. The standard InChI is InChI=1S/C15H13BrN2O2/c1-19-11-5-3-10(4-6-11)18-9-17-15-13(16)7-12(20-2)8-14(15)18/h3-9H,1-2H3. The van der Waals surface area contributed by atoms with E-state index in [2.05, 4.69) is 20.9 Å². The molecule has 0 N–H and O–H groups in total. The highest BCUT2D eigenvalue weighted by Crippen LogP contribution is 2.30. The van der Waals surface area contributed by atoms with Crippen molar-refractivity contribution in [2.75, 3.05) is 14.2 Å². The van der Waals surface area contributed by atoms with E-state index >= 15 is 0 Å². The van der Waals surface area contributed by atoms with Gasteiger partial charge in [0, 0.05) is 16.2 Å². The molecule has 0 aliphatic rings. The maximum absolute atomic E-state index is 5.31. The molecule has 0 fully saturated rings. The first-order chi connectivity index (χ1) is 9.72. The number of benzene rings is 2. The number of rotatable bonds is 3. The highest BCUT2D eigenvalue weighted by molar-refractivity contribution is 9.10. The Morgan fingerprint density at radius 1 is 1.00 bits per heavy atom. The molecule has 5 heteroatoms. The summed E-state index contributed by atoms with van der Waals surface area (Å²) in [6.07, 6.45) is 1.80. The maximum atomic E-state index is 5.31. The molecule has 0 aliphatic carbocycles. The second-order valence-electron chi connectivity index (χ2n) is 4.29. The summed E-state index contributed by atoms with van der Waals surface area (Å²) in [6, 6.07) is 11.7. The summed E-state index contributed by atoms with van der Waals surface area (Å²) >= 11 is 3.52. The third-order valence-corrected chi connectivity index (χ3v) is 3.77. The highest BCUT2D eigenvalue weighted by Gasteiger charge is 2.10. The molecular weight excluding hydrogens is 320 g/mol. The number of fused-ring (bicyclic) bond motifs is 1. The van der Waals surface area contributed by atoms with Crippen LogP contribution in [0.15, 0.2) is 47.2 Å². The van der Waals surface area contributed by atoms with Crippen LogP contribution in [0.1, 0.15) is 0 Å². The van der Waals surface area contributed by atoms with Crippen molar-refractivity contribution in [2.45, 2.75) is 0 Å². The van der Waals surface area contributed by atoms with Crippen LogP contribution in [0, 0.1) is 0 Å². The molecule has 1 heterocycles. The molecule has 3 aromatic rings. The van der Waals surface area contributed by atoms with Crippen LogP contribution in [-0.4, -0.2) is 23.8 Å². The van der Waals surface area contributed by atoms with E-state index < -0.39 is 0 Å². The van der Waals surface area contributed by atoms with Gasteiger partial charge in [0.15, 0.2) is 0 Å². The van der Waals surface area contributed by atoms with Crippen LogP contribution in [0.4, 0.5) is 0 Å². The molecule has 0 saturated heterocycles. The van der Waals surface area contributed by atoms with Crippen LogP contribution in [0.3, 0.4) is 0 Å². The fraction of sp³-hybridized carbons (Fsp3) is 0.133. The minimum Gasteiger partial charge on any atom is -0.497 e. The van der Waals surface area contributed by atoms with Crippen molar-refractivity contribution in [3.8, 4) is 17.2 Å². The predicted octanol–water partition coefficient (Wildman–Crippen LogP) is 3.81. The van der Waals surface area contributed by atoms with E-state index in [-0.39, 0.29) is 0 Å². The molecule has 0 atom stereocenters. The molecular formula is C15H13BrN2O2. The van der Waals surface area contributed by atoms with Crippen LogP contribution in [-0.2, 0) is 0 Å². The molecule has 0 bridgehead atoms. The lowest BCUT2D eigenvalue weighted by atomic mass is 10.2. The van der Waals surface area contributed by atoms with Gasteiger partial charge in [-0.1, -0.05) is 0 Å². The lowest BCUT2D eigenvalue weighted by Gasteiger charge is -2.07. The van der Waals surface area contributed by atoms with Crippen LogP contribution in [0.25, 0.3) is 16.7 Å². The van der Waals surface area contributed by atoms with E-state index in [4.69, 9.17) is 9.47 Å². The monoisotopic (exact) mass is 332 g/mol. The van der Waals surface area contributed by atoms with Crippen LogP contribution in [0.5, 0.6) is 11.5 Å². The lowest BCUT2D eigenvalue weighted by Crippen LogP contribution is -1.93. The van der Waals surface area contributed by atoms with Crippen molar-refractivity contribution in [1.82, 2.24) is 9.55 Å². The average molecular weight is 333 g/mol. The Morgan fingerprint density at radius 2 is 1.70 bits per heavy atom. The minimum atomic E-state index is 0.791. The van der Waals surface area contributed by atoms with E-state index in [1.54, 1.807) is 20.5 Å². The van der Waals surface area contributed by atoms with Crippen molar-refractivity contribution in [3.63, 3.8) is 0 Å². The number of hydrogen-bond acceptors (Lipinski definition) is 3. The molecule has 2 aromatic carbocycles. The predicted molar refractivity (Wildman–Crippen MR) is 81.9 cm³/mol. The smallest absolute Gasteiger partial charge is 0.122 e. The zero-order valence-corrected chi connectivity index (χ0v) is 12.7. The number of methoxy groups -OCH3 is 2. The normalized spacial score (nSPS) is 10.8. The Bertz CT molecular complexity index is 750. The summed E-state index contributed by atoms with van der Waals surface area (Å²) in [7, 11) is 3.31. The van der Waals surface area contributed by atoms with Crippen LogP contribution >= 0.6 is 15.9 Å². The first-order valence-electron chi connectivity index (χ1n) is 6.08. The number of ether oxygens (including phenoxy) is 2. The second-order valence-corrected chi connectivity index (χ2v) is 5.14. The molecule has 20 heavy (non-hydrogen) atoms. The molecule has 0 radical (unpaired) electrons. The Morgan fingerprint density at radius 3 is 2.35 bits per heavy atom. The Kier molecular flexibility index (Phi) is 3.36. The Hall–Kier alpha value is -2.01. The van der Waals surface area contributed by atoms with E-state index in [1.807, 2.05) is 41.0 Å². The van der Waals surface area contributed by atoms with Gasteiger partial charge in [0.1, 0.15) is 23.3 Å². The van der Waals surface area contributed by atoms with Gasteiger partial charge in [-0.05, 0) is 46.3 Å². The SMILES string of the molecule is COc1ccc(-n2cnc3c(Br)cc(OC)cc32)cc1. The molecule has 0 saturated carbocycles. The third kappa shape index (κ3) is 2.14. The van der Waals surface area contributed by atoms with Crippen LogP contribution < -0.4 is 9.47 Å². The highest BCUT2D eigenvalue weighted by atomic mass is 79.9. The van der Waals surface area contributed by atoms with Gasteiger partial charge >= 0.3 is 0 Å². The van der Waals surface area contributed by atoms with Crippen molar-refractivity contribution in [1.29, 1.82) is 0 Å². The maximum Gasteiger partial charge on any atom is 0.122 e. The molecule has 0 aliphatic heterocycles. The Balaban J connectivity index is 2.17. The third-order valence-electron chi connectivity index (χ3n) is 3.16. The molecule has 0 amide bonds. The second kappa shape index (κ2) is 5.17. The largest absolute Gasteiger partial charge is 0.497 e. The molecule has 102 valence electrons. The zero-order valence-electron chi connectivity index (χ0n) is 11.1. The zero-order chi connectivity index (χ0) is 14.1. The van der Waals surface area contributed by atoms with Gasteiger partial charge in [0.2, 0.25) is 0 Å². The average Bonchev–Trinajstić information content (AvgIpc) is 2.91. The number of aromatic nitrogens is 2. The van der Waals surface area contributed by atoms with Crippen LogP contribution in [0.2, 0.25) is 0 Å². The first kappa shape index (κ1) is 13.0. The summed E-state index contributed by atoms with van der Waals surface area (Å²) in [6.45, 7) is 0. The van der Waals surface area contributed by atoms with Crippen molar-refractivity contribution in [3.05, 3.63) is 47.2 Å².